The lowest BCUT2D eigenvalue weighted by atomic mass is 10.1. The number of hydrogen-bond acceptors (Lipinski definition) is 3. The van der Waals surface area contributed by atoms with E-state index in [1.165, 1.54) is 17.7 Å². The summed E-state index contributed by atoms with van der Waals surface area (Å²) in [4.78, 5) is 31.2. The van der Waals surface area contributed by atoms with Gasteiger partial charge in [0.25, 0.3) is 0 Å². The summed E-state index contributed by atoms with van der Waals surface area (Å²) >= 11 is 0. The van der Waals surface area contributed by atoms with Crippen molar-refractivity contribution in [2.75, 3.05) is 37.6 Å². The zero-order valence-corrected chi connectivity index (χ0v) is 16.7. The van der Waals surface area contributed by atoms with E-state index in [0.29, 0.717) is 45.7 Å². The Balaban J connectivity index is 1.31. The zero-order chi connectivity index (χ0) is 20.4. The second-order valence-corrected chi connectivity index (χ2v) is 7.95. The second kappa shape index (κ2) is 8.23. The number of nitrogens with zero attached hydrogens (tertiary/aromatic N) is 3. The topological polar surface area (TPSA) is 43.9 Å². The number of rotatable bonds is 4. The molecule has 0 spiro atoms. The molecule has 0 aromatic heterocycles. The summed E-state index contributed by atoms with van der Waals surface area (Å²) in [5.41, 5.74) is 3.25. The van der Waals surface area contributed by atoms with Crippen LogP contribution < -0.4 is 4.90 Å². The SMILES string of the molecule is Cc1ccc(CN2CC(C(=O)N3CCN(c4ccc(F)cc4)CC3)CC2=O)cc1. The summed E-state index contributed by atoms with van der Waals surface area (Å²) in [6.07, 6.45) is 0.295. The number of halogens is 1. The normalized spacial score (nSPS) is 19.7. The van der Waals surface area contributed by atoms with Gasteiger partial charge in [-0.3, -0.25) is 9.59 Å². The first-order chi connectivity index (χ1) is 14.0. The molecule has 2 aromatic carbocycles. The minimum absolute atomic E-state index is 0.0499. The van der Waals surface area contributed by atoms with E-state index in [-0.39, 0.29) is 23.5 Å². The van der Waals surface area contributed by atoms with Crippen molar-refractivity contribution in [1.29, 1.82) is 0 Å². The fourth-order valence-electron chi connectivity index (χ4n) is 4.10. The molecule has 4 rings (SSSR count). The molecule has 2 heterocycles. The lowest BCUT2D eigenvalue weighted by Gasteiger charge is -2.37. The lowest BCUT2D eigenvalue weighted by Crippen LogP contribution is -2.50. The predicted molar refractivity (Wildman–Crippen MR) is 110 cm³/mol. The van der Waals surface area contributed by atoms with Gasteiger partial charge in [0.2, 0.25) is 11.8 Å². The molecule has 152 valence electrons. The molecule has 2 aromatic rings. The highest BCUT2D eigenvalue weighted by Gasteiger charge is 2.37. The van der Waals surface area contributed by atoms with Gasteiger partial charge in [-0.2, -0.15) is 0 Å². The molecule has 2 amide bonds. The summed E-state index contributed by atoms with van der Waals surface area (Å²) in [6, 6.07) is 14.6. The molecule has 0 saturated carbocycles. The average molecular weight is 395 g/mol. The van der Waals surface area contributed by atoms with Gasteiger partial charge in [0.1, 0.15) is 5.82 Å². The van der Waals surface area contributed by atoms with Gasteiger partial charge in [-0.25, -0.2) is 4.39 Å². The third-order valence-electron chi connectivity index (χ3n) is 5.84. The molecule has 0 N–H and O–H groups in total. The molecule has 2 fully saturated rings. The molecule has 2 saturated heterocycles. The van der Waals surface area contributed by atoms with Crippen LogP contribution in [0.4, 0.5) is 10.1 Å². The van der Waals surface area contributed by atoms with E-state index in [2.05, 4.69) is 4.90 Å². The van der Waals surface area contributed by atoms with Gasteiger partial charge in [0, 0.05) is 51.4 Å². The van der Waals surface area contributed by atoms with Gasteiger partial charge in [0.05, 0.1) is 5.92 Å². The molecule has 5 nitrogen and oxygen atoms in total. The number of benzene rings is 2. The van der Waals surface area contributed by atoms with Crippen LogP contribution in [0.3, 0.4) is 0 Å². The van der Waals surface area contributed by atoms with Crippen LogP contribution in [0.2, 0.25) is 0 Å². The minimum Gasteiger partial charge on any atom is -0.368 e. The number of carbonyl (C=O) groups is 2. The van der Waals surface area contributed by atoms with Gasteiger partial charge < -0.3 is 14.7 Å². The first-order valence-corrected chi connectivity index (χ1v) is 10.1. The highest BCUT2D eigenvalue weighted by atomic mass is 19.1. The zero-order valence-electron chi connectivity index (χ0n) is 16.7. The van der Waals surface area contributed by atoms with E-state index >= 15 is 0 Å². The van der Waals surface area contributed by atoms with Crippen molar-refractivity contribution in [2.45, 2.75) is 19.9 Å². The van der Waals surface area contributed by atoms with Crippen molar-refractivity contribution >= 4 is 17.5 Å². The largest absolute Gasteiger partial charge is 0.368 e. The van der Waals surface area contributed by atoms with Crippen molar-refractivity contribution in [1.82, 2.24) is 9.80 Å². The maximum absolute atomic E-state index is 13.1. The van der Waals surface area contributed by atoms with Crippen LogP contribution >= 0.6 is 0 Å². The summed E-state index contributed by atoms with van der Waals surface area (Å²) < 4.78 is 13.1. The molecule has 1 atom stereocenters. The number of amides is 2. The third-order valence-corrected chi connectivity index (χ3v) is 5.84. The fraction of sp³-hybridized carbons (Fsp3) is 0.391. The van der Waals surface area contributed by atoms with Crippen LogP contribution in [0.5, 0.6) is 0 Å². The molecule has 6 heteroatoms. The van der Waals surface area contributed by atoms with Crippen molar-refractivity contribution in [3.63, 3.8) is 0 Å². The summed E-state index contributed by atoms with van der Waals surface area (Å²) in [6.45, 7) is 5.76. The maximum atomic E-state index is 13.1. The molecule has 1 unspecified atom stereocenters. The second-order valence-electron chi connectivity index (χ2n) is 7.95. The molecule has 2 aliphatic heterocycles. The number of carbonyl (C=O) groups excluding carboxylic acids is 2. The molecule has 0 radical (unpaired) electrons. The minimum atomic E-state index is -0.259. The Labute approximate surface area is 170 Å². The third kappa shape index (κ3) is 4.42. The molecule has 0 aliphatic carbocycles. The van der Waals surface area contributed by atoms with Gasteiger partial charge in [-0.05, 0) is 36.8 Å². The van der Waals surface area contributed by atoms with Crippen LogP contribution in [-0.2, 0) is 16.1 Å². The van der Waals surface area contributed by atoms with E-state index < -0.39 is 0 Å². The standard InChI is InChI=1S/C23H26FN3O2/c1-17-2-4-18(5-3-17)15-27-16-19(14-22(27)28)23(29)26-12-10-25(11-13-26)21-8-6-20(24)7-9-21/h2-9,19H,10-16H2,1H3. The smallest absolute Gasteiger partial charge is 0.228 e. The van der Waals surface area contributed by atoms with E-state index in [9.17, 15) is 14.0 Å². The quantitative estimate of drug-likeness (QED) is 0.800. The first kappa shape index (κ1) is 19.4. The van der Waals surface area contributed by atoms with Crippen LogP contribution in [-0.4, -0.2) is 54.3 Å². The lowest BCUT2D eigenvalue weighted by molar-refractivity contribution is -0.136. The molecule has 29 heavy (non-hydrogen) atoms. The predicted octanol–water partition coefficient (Wildman–Crippen LogP) is 2.83. The van der Waals surface area contributed by atoms with E-state index in [1.807, 2.05) is 36.1 Å². The molecule has 0 bridgehead atoms. The molecular formula is C23H26FN3O2. The van der Waals surface area contributed by atoms with Gasteiger partial charge in [-0.1, -0.05) is 29.8 Å². The maximum Gasteiger partial charge on any atom is 0.228 e. The van der Waals surface area contributed by atoms with Gasteiger partial charge in [-0.15, -0.1) is 0 Å². The Morgan fingerprint density at radius 1 is 1.00 bits per heavy atom. The van der Waals surface area contributed by atoms with Crippen molar-refractivity contribution in [3.05, 3.63) is 65.5 Å². The number of piperazine rings is 1. The number of aryl methyl sites for hydroxylation is 1. The Kier molecular flexibility index (Phi) is 5.51. The summed E-state index contributed by atoms with van der Waals surface area (Å²) in [5.74, 6) is -0.383. The van der Waals surface area contributed by atoms with Crippen LogP contribution in [0.25, 0.3) is 0 Å². The Morgan fingerprint density at radius 2 is 1.66 bits per heavy atom. The van der Waals surface area contributed by atoms with Crippen molar-refractivity contribution in [2.24, 2.45) is 5.92 Å². The number of hydrogen-bond donors (Lipinski definition) is 0. The molecule has 2 aliphatic rings. The van der Waals surface area contributed by atoms with Crippen molar-refractivity contribution in [3.8, 4) is 0 Å². The van der Waals surface area contributed by atoms with Crippen LogP contribution in [0, 0.1) is 18.7 Å². The Bertz CT molecular complexity index is 874. The Morgan fingerprint density at radius 3 is 2.31 bits per heavy atom. The van der Waals surface area contributed by atoms with Gasteiger partial charge in [0.15, 0.2) is 0 Å². The Hall–Kier alpha value is -2.89. The summed E-state index contributed by atoms with van der Waals surface area (Å²) in [7, 11) is 0. The summed E-state index contributed by atoms with van der Waals surface area (Å²) in [5, 5.41) is 0. The first-order valence-electron chi connectivity index (χ1n) is 10.1. The van der Waals surface area contributed by atoms with Crippen LogP contribution in [0.1, 0.15) is 17.5 Å². The number of likely N-dealkylation sites (tertiary alicyclic amines) is 1. The highest BCUT2D eigenvalue weighted by Crippen LogP contribution is 2.24. The molecular weight excluding hydrogens is 369 g/mol. The van der Waals surface area contributed by atoms with Crippen molar-refractivity contribution < 1.29 is 14.0 Å². The average Bonchev–Trinajstić information content (AvgIpc) is 3.10. The van der Waals surface area contributed by atoms with E-state index in [1.54, 1.807) is 17.0 Å². The van der Waals surface area contributed by atoms with E-state index in [4.69, 9.17) is 0 Å². The highest BCUT2D eigenvalue weighted by molar-refractivity contribution is 5.89. The van der Waals surface area contributed by atoms with E-state index in [0.717, 1.165) is 11.3 Å². The fourth-order valence-corrected chi connectivity index (χ4v) is 4.10. The monoisotopic (exact) mass is 395 g/mol. The van der Waals surface area contributed by atoms with Crippen LogP contribution in [0.15, 0.2) is 48.5 Å². The number of anilines is 1. The van der Waals surface area contributed by atoms with Gasteiger partial charge >= 0.3 is 0 Å².